The second kappa shape index (κ2) is 8.46. The van der Waals surface area contributed by atoms with Gasteiger partial charge in [0.05, 0.1) is 11.6 Å². The Balaban J connectivity index is 1.17. The van der Waals surface area contributed by atoms with Crippen molar-refractivity contribution in [1.29, 1.82) is 0 Å². The van der Waals surface area contributed by atoms with Gasteiger partial charge in [-0.2, -0.15) is 0 Å². The zero-order valence-electron chi connectivity index (χ0n) is 19.0. The Morgan fingerprint density at radius 3 is 2.56 bits per heavy atom. The van der Waals surface area contributed by atoms with E-state index >= 15 is 0 Å². The maximum Gasteiger partial charge on any atom is 0.309 e. The van der Waals surface area contributed by atoms with E-state index in [9.17, 15) is 9.18 Å². The number of fused-ring (bicyclic) bond motifs is 1. The number of hydrogen-bond donors (Lipinski definition) is 0. The van der Waals surface area contributed by atoms with E-state index in [1.54, 1.807) is 6.07 Å². The van der Waals surface area contributed by atoms with E-state index in [1.807, 2.05) is 49.5 Å². The minimum absolute atomic E-state index is 0.0354. The average molecular weight is 434 g/mol. The molecule has 2 aromatic carbocycles. The Morgan fingerprint density at radius 2 is 1.84 bits per heavy atom. The molecule has 0 saturated heterocycles. The third-order valence-corrected chi connectivity index (χ3v) is 8.22. The highest BCUT2D eigenvalue weighted by Gasteiger charge is 2.50. The fraction of sp³-hybridized carbons (Fsp3) is 0.500. The van der Waals surface area contributed by atoms with Gasteiger partial charge in [-0.05, 0) is 97.9 Å². The largest absolute Gasteiger partial charge is 0.458 e. The second-order valence-electron chi connectivity index (χ2n) is 10.3. The Hall–Kier alpha value is -2.49. The summed E-state index contributed by atoms with van der Waals surface area (Å²) in [7, 11) is 0. The van der Waals surface area contributed by atoms with Gasteiger partial charge >= 0.3 is 5.97 Å². The van der Waals surface area contributed by atoms with Crippen LogP contribution in [0.15, 0.2) is 53.5 Å². The molecule has 0 amide bonds. The van der Waals surface area contributed by atoms with Crippen LogP contribution in [0.4, 0.5) is 10.1 Å². The van der Waals surface area contributed by atoms with Gasteiger partial charge in [0.2, 0.25) is 0 Å². The fourth-order valence-corrected chi connectivity index (χ4v) is 6.40. The molecule has 0 aromatic heterocycles. The Kier molecular flexibility index (Phi) is 5.65. The van der Waals surface area contributed by atoms with E-state index in [1.165, 1.54) is 6.07 Å². The predicted molar refractivity (Wildman–Crippen MR) is 125 cm³/mol. The lowest BCUT2D eigenvalue weighted by molar-refractivity contribution is -0.164. The van der Waals surface area contributed by atoms with Crippen LogP contribution in [0.25, 0.3) is 0 Å². The molecule has 4 heteroatoms. The molecule has 2 fully saturated rings. The molecule has 0 N–H and O–H groups in total. The van der Waals surface area contributed by atoms with Gasteiger partial charge in [0.15, 0.2) is 0 Å². The average Bonchev–Trinajstić information content (AvgIpc) is 2.78. The number of carbonyl (C=O) groups is 1. The van der Waals surface area contributed by atoms with E-state index in [-0.39, 0.29) is 23.8 Å². The SMILES string of the molecule is CC1C=Nc2ccc(F)cc2C1C1CCC2(CC1)CC(C(=O)O[C@@H](C)c1ccccc1)C2. The number of halogens is 1. The zero-order chi connectivity index (χ0) is 22.3. The lowest BCUT2D eigenvalue weighted by atomic mass is 9.53. The van der Waals surface area contributed by atoms with Crippen molar-refractivity contribution in [2.45, 2.75) is 64.4 Å². The number of ether oxygens (including phenoxy) is 1. The van der Waals surface area contributed by atoms with Gasteiger partial charge in [0.25, 0.3) is 0 Å². The smallest absolute Gasteiger partial charge is 0.309 e. The van der Waals surface area contributed by atoms with Crippen LogP contribution in [0, 0.1) is 29.0 Å². The molecule has 0 radical (unpaired) electrons. The summed E-state index contributed by atoms with van der Waals surface area (Å²) < 4.78 is 19.7. The molecule has 2 aliphatic carbocycles. The van der Waals surface area contributed by atoms with Crippen LogP contribution >= 0.6 is 0 Å². The summed E-state index contributed by atoms with van der Waals surface area (Å²) in [4.78, 5) is 17.2. The molecule has 32 heavy (non-hydrogen) atoms. The predicted octanol–water partition coefficient (Wildman–Crippen LogP) is 7.15. The van der Waals surface area contributed by atoms with Crippen molar-refractivity contribution in [3.8, 4) is 0 Å². The normalized spacial score (nSPS) is 32.1. The van der Waals surface area contributed by atoms with Crippen LogP contribution in [0.3, 0.4) is 0 Å². The van der Waals surface area contributed by atoms with Crippen molar-refractivity contribution in [2.24, 2.45) is 28.2 Å². The first-order chi connectivity index (χ1) is 15.4. The fourth-order valence-electron chi connectivity index (χ4n) is 6.40. The summed E-state index contributed by atoms with van der Waals surface area (Å²) in [5.74, 6) is 1.03. The van der Waals surface area contributed by atoms with Gasteiger partial charge in [-0.25, -0.2) is 4.39 Å². The number of esters is 1. The molecule has 0 bridgehead atoms. The zero-order valence-corrected chi connectivity index (χ0v) is 19.0. The minimum atomic E-state index is -0.203. The van der Waals surface area contributed by atoms with Crippen LogP contribution in [-0.4, -0.2) is 12.2 Å². The molecule has 168 valence electrons. The van der Waals surface area contributed by atoms with Gasteiger partial charge in [-0.3, -0.25) is 9.79 Å². The first kappa shape index (κ1) is 21.4. The second-order valence-corrected chi connectivity index (χ2v) is 10.3. The molecule has 2 unspecified atom stereocenters. The molecule has 5 rings (SSSR count). The summed E-state index contributed by atoms with van der Waals surface area (Å²) in [6.07, 6.45) is 8.33. The number of hydrogen-bond acceptors (Lipinski definition) is 3. The molecule has 1 heterocycles. The molecular weight excluding hydrogens is 401 g/mol. The van der Waals surface area contributed by atoms with Crippen molar-refractivity contribution in [2.75, 3.05) is 0 Å². The van der Waals surface area contributed by atoms with E-state index < -0.39 is 0 Å². The standard InChI is InChI=1S/C28H32FNO2/c1-18-17-30-25-9-8-23(29)14-24(25)26(18)21-10-12-28(13-11-21)15-22(16-28)27(31)32-19(2)20-6-4-3-5-7-20/h3-9,14,17-19,21-22,26H,10-13,15-16H2,1-2H3/t18?,19-,21?,22?,26?,28?/m0/s1. The number of rotatable bonds is 4. The maximum atomic E-state index is 14.0. The summed E-state index contributed by atoms with van der Waals surface area (Å²) in [5, 5.41) is 0. The van der Waals surface area contributed by atoms with Crippen LogP contribution in [0.1, 0.15) is 75.5 Å². The summed E-state index contributed by atoms with van der Waals surface area (Å²) in [6.45, 7) is 4.15. The molecular formula is C28H32FNO2. The highest BCUT2D eigenvalue weighted by Crippen LogP contribution is 2.58. The van der Waals surface area contributed by atoms with E-state index in [2.05, 4.69) is 11.9 Å². The monoisotopic (exact) mass is 433 g/mol. The Bertz CT molecular complexity index is 1000. The van der Waals surface area contributed by atoms with Crippen LogP contribution in [0.5, 0.6) is 0 Å². The molecule has 1 aliphatic heterocycles. The third kappa shape index (κ3) is 4.00. The number of benzene rings is 2. The quantitative estimate of drug-likeness (QED) is 0.480. The van der Waals surface area contributed by atoms with Crippen molar-refractivity contribution >= 4 is 17.9 Å². The minimum Gasteiger partial charge on any atom is -0.458 e. The molecule has 2 aromatic rings. The molecule has 3 aliphatic rings. The van der Waals surface area contributed by atoms with Crippen molar-refractivity contribution in [1.82, 2.24) is 0 Å². The van der Waals surface area contributed by atoms with Gasteiger partial charge in [-0.15, -0.1) is 0 Å². The molecule has 2 saturated carbocycles. The number of carbonyl (C=O) groups excluding carboxylic acids is 1. The van der Waals surface area contributed by atoms with Crippen molar-refractivity contribution in [3.05, 3.63) is 65.5 Å². The Morgan fingerprint density at radius 1 is 1.12 bits per heavy atom. The van der Waals surface area contributed by atoms with Gasteiger partial charge in [0, 0.05) is 6.21 Å². The van der Waals surface area contributed by atoms with E-state index in [4.69, 9.17) is 4.74 Å². The number of aliphatic imine (C=N–C) groups is 1. The van der Waals surface area contributed by atoms with E-state index in [0.29, 0.717) is 23.2 Å². The highest BCUT2D eigenvalue weighted by atomic mass is 19.1. The molecule has 3 atom stereocenters. The first-order valence-corrected chi connectivity index (χ1v) is 12.0. The maximum absolute atomic E-state index is 14.0. The van der Waals surface area contributed by atoms with Crippen LogP contribution in [0.2, 0.25) is 0 Å². The van der Waals surface area contributed by atoms with E-state index in [0.717, 1.165) is 55.3 Å². The lowest BCUT2D eigenvalue weighted by Gasteiger charge is -2.52. The van der Waals surface area contributed by atoms with Crippen molar-refractivity contribution < 1.29 is 13.9 Å². The molecule has 3 nitrogen and oxygen atoms in total. The highest BCUT2D eigenvalue weighted by molar-refractivity contribution is 5.74. The third-order valence-electron chi connectivity index (χ3n) is 8.22. The summed E-state index contributed by atoms with van der Waals surface area (Å²) in [6, 6.07) is 14.9. The van der Waals surface area contributed by atoms with Crippen molar-refractivity contribution in [3.63, 3.8) is 0 Å². The topological polar surface area (TPSA) is 38.7 Å². The van der Waals surface area contributed by atoms with Crippen LogP contribution in [-0.2, 0) is 9.53 Å². The summed E-state index contributed by atoms with van der Waals surface area (Å²) in [5.41, 5.74) is 3.34. The number of nitrogens with zero attached hydrogens (tertiary/aromatic N) is 1. The lowest BCUT2D eigenvalue weighted by Crippen LogP contribution is -2.45. The van der Waals surface area contributed by atoms with Crippen LogP contribution < -0.4 is 0 Å². The first-order valence-electron chi connectivity index (χ1n) is 12.0. The van der Waals surface area contributed by atoms with Gasteiger partial charge in [-0.1, -0.05) is 37.3 Å². The van der Waals surface area contributed by atoms with Gasteiger partial charge < -0.3 is 4.74 Å². The molecule has 1 spiro atoms. The Labute approximate surface area is 190 Å². The summed E-state index contributed by atoms with van der Waals surface area (Å²) >= 11 is 0. The van der Waals surface area contributed by atoms with Gasteiger partial charge in [0.1, 0.15) is 11.9 Å².